The van der Waals surface area contributed by atoms with E-state index >= 15 is 0 Å². The van der Waals surface area contributed by atoms with Gasteiger partial charge in [-0.1, -0.05) is 18.2 Å². The molecule has 0 saturated carbocycles. The van der Waals surface area contributed by atoms with Crippen molar-refractivity contribution in [1.29, 1.82) is 0 Å². The molecule has 1 fully saturated rings. The van der Waals surface area contributed by atoms with E-state index in [0.29, 0.717) is 0 Å². The fourth-order valence-corrected chi connectivity index (χ4v) is 1.71. The number of rotatable bonds is 1. The molecule has 4 nitrogen and oxygen atoms in total. The summed E-state index contributed by atoms with van der Waals surface area (Å²) in [5.41, 5.74) is 0.0417. The summed E-state index contributed by atoms with van der Waals surface area (Å²) in [6.45, 7) is 0. The fourth-order valence-electron chi connectivity index (χ4n) is 1.51. The molecule has 2 amide bonds. The summed E-state index contributed by atoms with van der Waals surface area (Å²) in [5.74, 6) is -3.00. The molecule has 16 heavy (non-hydrogen) atoms. The highest BCUT2D eigenvalue weighted by atomic mass is 32.1. The van der Waals surface area contributed by atoms with Gasteiger partial charge in [-0.3, -0.25) is 9.59 Å². The molecule has 1 aliphatic heterocycles. The Morgan fingerprint density at radius 2 is 1.69 bits per heavy atom. The van der Waals surface area contributed by atoms with Gasteiger partial charge in [-0.2, -0.15) is 0 Å². The standard InChI is InChI=1S/C10H7FN2O2S/c11-6-4-2-1-3-5(6)7-8(14)12-10(16)13-9(7)15/h1-4,7H,(H2,12,13,14,15,16). The van der Waals surface area contributed by atoms with Gasteiger partial charge in [-0.05, 0) is 18.3 Å². The molecular formula is C10H7FN2O2S. The molecule has 0 aliphatic carbocycles. The second-order valence-electron chi connectivity index (χ2n) is 3.26. The van der Waals surface area contributed by atoms with E-state index in [1.807, 2.05) is 0 Å². The Morgan fingerprint density at radius 1 is 1.12 bits per heavy atom. The number of halogens is 1. The van der Waals surface area contributed by atoms with E-state index in [2.05, 4.69) is 22.9 Å². The van der Waals surface area contributed by atoms with Gasteiger partial charge in [0.15, 0.2) is 5.11 Å². The average Bonchev–Trinajstić information content (AvgIpc) is 2.19. The number of carbonyl (C=O) groups excluding carboxylic acids is 2. The maximum atomic E-state index is 13.4. The SMILES string of the molecule is O=C1NC(=S)NC(=O)C1c1ccccc1F. The monoisotopic (exact) mass is 238 g/mol. The Kier molecular flexibility index (Phi) is 2.66. The molecule has 1 aromatic rings. The first-order valence-electron chi connectivity index (χ1n) is 4.49. The van der Waals surface area contributed by atoms with E-state index in [9.17, 15) is 14.0 Å². The van der Waals surface area contributed by atoms with Crippen LogP contribution in [0.1, 0.15) is 11.5 Å². The van der Waals surface area contributed by atoms with Crippen molar-refractivity contribution in [3.8, 4) is 0 Å². The molecule has 1 heterocycles. The van der Waals surface area contributed by atoms with Crippen molar-refractivity contribution in [2.75, 3.05) is 0 Å². The summed E-state index contributed by atoms with van der Waals surface area (Å²) in [4.78, 5) is 23.1. The lowest BCUT2D eigenvalue weighted by Gasteiger charge is -2.22. The van der Waals surface area contributed by atoms with Gasteiger partial charge in [0, 0.05) is 5.56 Å². The van der Waals surface area contributed by atoms with Crippen LogP contribution in [-0.4, -0.2) is 16.9 Å². The highest BCUT2D eigenvalue weighted by Crippen LogP contribution is 2.21. The zero-order valence-electron chi connectivity index (χ0n) is 7.99. The van der Waals surface area contributed by atoms with Crippen molar-refractivity contribution in [1.82, 2.24) is 10.6 Å². The van der Waals surface area contributed by atoms with Crippen molar-refractivity contribution >= 4 is 29.1 Å². The van der Waals surface area contributed by atoms with Crippen molar-refractivity contribution in [2.24, 2.45) is 0 Å². The minimum Gasteiger partial charge on any atom is -0.302 e. The molecule has 6 heteroatoms. The first-order chi connectivity index (χ1) is 7.59. The zero-order valence-corrected chi connectivity index (χ0v) is 8.81. The summed E-state index contributed by atoms with van der Waals surface area (Å²) >= 11 is 4.64. The highest BCUT2D eigenvalue weighted by molar-refractivity contribution is 7.80. The van der Waals surface area contributed by atoms with Crippen LogP contribution in [0.3, 0.4) is 0 Å². The van der Waals surface area contributed by atoms with Crippen LogP contribution in [0.25, 0.3) is 0 Å². The van der Waals surface area contributed by atoms with E-state index in [0.717, 1.165) is 0 Å². The minimum atomic E-state index is -1.19. The molecule has 0 spiro atoms. The summed E-state index contributed by atoms with van der Waals surface area (Å²) in [6, 6.07) is 5.64. The van der Waals surface area contributed by atoms with Crippen LogP contribution < -0.4 is 10.6 Å². The number of thiocarbonyl (C=S) groups is 1. The van der Waals surface area contributed by atoms with Crippen LogP contribution in [0.15, 0.2) is 24.3 Å². The summed E-state index contributed by atoms with van der Waals surface area (Å²) in [7, 11) is 0. The Hall–Kier alpha value is -1.82. The molecular weight excluding hydrogens is 231 g/mol. The predicted octanol–water partition coefficient (Wildman–Crippen LogP) is 0.440. The van der Waals surface area contributed by atoms with E-state index in [1.54, 1.807) is 6.07 Å². The van der Waals surface area contributed by atoms with Crippen molar-refractivity contribution in [2.45, 2.75) is 5.92 Å². The molecule has 0 bridgehead atoms. The van der Waals surface area contributed by atoms with Crippen LogP contribution in [0.2, 0.25) is 0 Å². The Balaban J connectivity index is 2.41. The summed E-state index contributed by atoms with van der Waals surface area (Å²) in [6.07, 6.45) is 0. The van der Waals surface area contributed by atoms with Crippen molar-refractivity contribution < 1.29 is 14.0 Å². The Labute approximate surface area is 95.8 Å². The third kappa shape index (κ3) is 1.79. The van der Waals surface area contributed by atoms with Gasteiger partial charge in [0.25, 0.3) is 0 Å². The van der Waals surface area contributed by atoms with Crippen LogP contribution in [0, 0.1) is 5.82 Å². The molecule has 2 N–H and O–H groups in total. The number of hydrogen-bond donors (Lipinski definition) is 2. The Morgan fingerprint density at radius 3 is 2.25 bits per heavy atom. The van der Waals surface area contributed by atoms with Gasteiger partial charge in [0.1, 0.15) is 11.7 Å². The lowest BCUT2D eigenvalue weighted by Crippen LogP contribution is -2.54. The lowest BCUT2D eigenvalue weighted by atomic mass is 9.95. The van der Waals surface area contributed by atoms with E-state index in [1.165, 1.54) is 18.2 Å². The fraction of sp³-hybridized carbons (Fsp3) is 0.100. The normalized spacial score (nSPS) is 16.9. The zero-order chi connectivity index (χ0) is 11.7. The quantitative estimate of drug-likeness (QED) is 0.551. The third-order valence-corrected chi connectivity index (χ3v) is 2.42. The summed E-state index contributed by atoms with van der Waals surface area (Å²) < 4.78 is 13.4. The van der Waals surface area contributed by atoms with Crippen LogP contribution in [0.5, 0.6) is 0 Å². The Bertz CT molecular complexity index is 469. The number of nitrogens with one attached hydrogen (secondary N) is 2. The second-order valence-corrected chi connectivity index (χ2v) is 3.67. The topological polar surface area (TPSA) is 58.2 Å². The number of carbonyl (C=O) groups is 2. The number of hydrogen-bond acceptors (Lipinski definition) is 3. The minimum absolute atomic E-state index is 0.0417. The first kappa shape index (κ1) is 10.7. The first-order valence-corrected chi connectivity index (χ1v) is 4.90. The van der Waals surface area contributed by atoms with Gasteiger partial charge in [0.2, 0.25) is 11.8 Å². The molecule has 0 atom stereocenters. The van der Waals surface area contributed by atoms with Gasteiger partial charge in [-0.25, -0.2) is 4.39 Å². The molecule has 1 aliphatic rings. The smallest absolute Gasteiger partial charge is 0.243 e. The van der Waals surface area contributed by atoms with Gasteiger partial charge in [-0.15, -0.1) is 0 Å². The lowest BCUT2D eigenvalue weighted by molar-refractivity contribution is -0.131. The largest absolute Gasteiger partial charge is 0.302 e. The molecule has 2 rings (SSSR count). The van der Waals surface area contributed by atoms with E-state index < -0.39 is 23.5 Å². The van der Waals surface area contributed by atoms with Gasteiger partial charge < -0.3 is 10.6 Å². The summed E-state index contributed by atoms with van der Waals surface area (Å²) in [5, 5.41) is 4.51. The third-order valence-electron chi connectivity index (χ3n) is 2.21. The van der Waals surface area contributed by atoms with Crippen LogP contribution in [0.4, 0.5) is 4.39 Å². The average molecular weight is 238 g/mol. The predicted molar refractivity (Wildman–Crippen MR) is 58.0 cm³/mol. The maximum Gasteiger partial charge on any atom is 0.243 e. The number of amides is 2. The molecule has 82 valence electrons. The molecule has 0 radical (unpaired) electrons. The van der Waals surface area contributed by atoms with Crippen molar-refractivity contribution in [3.05, 3.63) is 35.6 Å². The molecule has 0 unspecified atom stereocenters. The van der Waals surface area contributed by atoms with Crippen molar-refractivity contribution in [3.63, 3.8) is 0 Å². The molecule has 1 aromatic carbocycles. The maximum absolute atomic E-state index is 13.4. The van der Waals surface area contributed by atoms with Gasteiger partial charge >= 0.3 is 0 Å². The van der Waals surface area contributed by atoms with Crippen LogP contribution in [-0.2, 0) is 9.59 Å². The van der Waals surface area contributed by atoms with E-state index in [-0.39, 0.29) is 10.7 Å². The van der Waals surface area contributed by atoms with Crippen LogP contribution >= 0.6 is 12.2 Å². The van der Waals surface area contributed by atoms with Gasteiger partial charge in [0.05, 0.1) is 0 Å². The number of benzene rings is 1. The highest BCUT2D eigenvalue weighted by Gasteiger charge is 2.35. The molecule has 1 saturated heterocycles. The second kappa shape index (κ2) is 3.97. The molecule has 0 aromatic heterocycles. The van der Waals surface area contributed by atoms with E-state index in [4.69, 9.17) is 0 Å².